The van der Waals surface area contributed by atoms with E-state index < -0.39 is 237 Å². The van der Waals surface area contributed by atoms with E-state index in [2.05, 4.69) is 97.8 Å². The molecule has 11 aromatic heterocycles. The Morgan fingerprint density at radius 1 is 0.493 bits per heavy atom. The van der Waals surface area contributed by atoms with E-state index in [1.807, 2.05) is 0 Å². The first kappa shape index (κ1) is 95.2. The molecule has 0 radical (unpaired) electrons. The van der Waals surface area contributed by atoms with E-state index in [4.69, 9.17) is 137 Å². The molecule has 0 saturated carbocycles. The Kier molecular flexibility index (Phi) is 25.9. The third kappa shape index (κ3) is 18.6. The summed E-state index contributed by atoms with van der Waals surface area (Å²) in [5, 5.41) is 37.7. The van der Waals surface area contributed by atoms with Gasteiger partial charge in [0.05, 0.1) is 105 Å². The number of nitrogens with two attached hydrogens (primary N) is 5. The van der Waals surface area contributed by atoms with Crippen molar-refractivity contribution in [1.29, 1.82) is 0 Å². The number of H-pyrrole nitrogens is 3. The number of Topliss-reactive ketones (excluding diaryl/α,β-unsaturated/α-hetero) is 1. The van der Waals surface area contributed by atoms with Crippen LogP contribution >= 0.6 is 78.4 Å². The SMILES string of the molecule is Nc1nc2c(ncn2[C@@H]2S[C@@H]3COP(=O)(O)O[C@H]4[C@H](F)[C@H](n5cnc6c(N)ccnc65)O[C@@H]4COP(O)(=S)O[C@@H]2[C@@H]3F)c(=O)[nH]1.Nc1nc2c(nnn2[C@@H]2O[C@@H]3COP(=O)(S)O[C@H]4[C@H](F)[C@H](n5cnc6c5N=CCC6=O)O[C@@H]4COP(O)(=S)O[C@@H]2[C@@H]3O)c(=O)[nH]1.Nc1nc2c(nnn2[C@@H]2S[C@@H]3COP(=O)(O)O[C@H]4C[C@H](c5cnc6c(N)ccnn56)O[C@@H]4COP(O)(=S)O[C@@H]2[C@@H]3O)c(=O)[nH]1. The van der Waals surface area contributed by atoms with Gasteiger partial charge in [0.1, 0.15) is 95.7 Å². The van der Waals surface area contributed by atoms with Crippen molar-refractivity contribution in [3.63, 3.8) is 0 Å². The number of ketones is 1. The summed E-state index contributed by atoms with van der Waals surface area (Å²) >= 11 is 21.5. The molecule has 11 aromatic rings. The van der Waals surface area contributed by atoms with Gasteiger partial charge in [0.2, 0.25) is 17.8 Å². The van der Waals surface area contributed by atoms with Gasteiger partial charge >= 0.3 is 42.6 Å². The number of nitrogens with one attached hydrogen (secondary N) is 3. The molecule has 0 spiro atoms. The molecule has 0 aromatic carbocycles. The number of anilines is 5. The Bertz CT molecular complexity index is 7020. The summed E-state index contributed by atoms with van der Waals surface area (Å²) in [6, 6.07) is 3.09. The summed E-state index contributed by atoms with van der Waals surface area (Å²) in [5.41, 5.74) is 28.3. The molecule has 21 rings (SSSR count). The van der Waals surface area contributed by atoms with Crippen LogP contribution in [0.2, 0.25) is 0 Å². The highest BCUT2D eigenvalue weighted by molar-refractivity contribution is 8.44. The summed E-state index contributed by atoms with van der Waals surface area (Å²) < 4.78 is 184. The number of imidazole rings is 4. The number of aliphatic imine (C=N–C) groups is 1. The zero-order chi connectivity index (χ0) is 94.6. The maximum atomic E-state index is 16.0. The van der Waals surface area contributed by atoms with Gasteiger partial charge in [-0.05, 0) is 47.6 Å². The second-order valence-electron chi connectivity index (χ2n) is 30.4. The monoisotopic (exact) mass is 2110 g/mol. The highest BCUT2D eigenvalue weighted by Crippen LogP contribution is 2.62. The topological polar surface area (TPSA) is 795 Å². The standard InChI is InChI=1S/C21H23F2N9O9P2S2.C20H22FN9O11P2S2.C20H24N10O10P2S2/c22-10-9-4-37-42(34,35)40-14-8(39-19(11(14)23)31-5-27-12-7(24)1-2-26-16(12)31)3-38-43(36,44)41-15(10)20(45-9)32-6-28-13-17(32)29-21(25)30-18(13)33;21-9-13-8(39-18(9)29-5-24-10-6(31)1-2-23-15(10)29)4-37-43(35,45)41-14-12(32)7(3-36-42(34,44)40-13)38-19(14)30-16-11(27-28-30)17(33)26-20(22)25-16;21-7-1-2-24-29-8(4-23-16(7)29)9-3-10-11(38-9)5-37-42(35,43)40-15-14(31)12(6-36-41(33,34)39-10)44-19(15)30-17-13(27-28-30)18(32)26-20(22)25-17/h1-2,5-6,8-11,14-15,19-20H,3-4H2,(H2,24,26)(H,34,35)(H,36,44)(H3,25,29,30,33);2,5,7-9,12-14,18-19,32H,1,3-4H2,(H,34,44)(H,35,45)(H3,22,25,26,33);1-2,4,9-12,14-15,19,31H,3,5-6,21H2,(H,33,34)(H,35,43)(H3,22,25,26,32)/t8-,9-,10-,11+,14-,15-,19-,20-,43?;7-,8-,9+,12-,13-,14-,18-,19-,42?,43?;9-,10+,11-,12-,14-,15-,19-,42?/m111/s1. The van der Waals surface area contributed by atoms with Crippen LogP contribution in [0.5, 0.6) is 0 Å². The molecular formula is C61H69F3N28O30P6S6. The molecule has 20 N–H and O–H groups in total. The summed E-state index contributed by atoms with van der Waals surface area (Å²) in [7, 11) is -9.82. The van der Waals surface area contributed by atoms with E-state index in [9.17, 15) is 67.6 Å². The fourth-order valence-electron chi connectivity index (χ4n) is 15.8. The molecule has 58 nitrogen and oxygen atoms in total. The van der Waals surface area contributed by atoms with Gasteiger partial charge in [-0.1, -0.05) is 22.7 Å². The summed E-state index contributed by atoms with van der Waals surface area (Å²) in [4.78, 5) is 147. The largest absolute Gasteiger partial charge is 0.472 e. The van der Waals surface area contributed by atoms with Crippen molar-refractivity contribution in [3.05, 3.63) is 92.2 Å². The predicted molar refractivity (Wildman–Crippen MR) is 464 cm³/mol. The quantitative estimate of drug-likeness (QED) is 0.0784. The molecule has 10 aliphatic rings. The van der Waals surface area contributed by atoms with Gasteiger partial charge in [0, 0.05) is 25.3 Å². The minimum absolute atomic E-state index is 0.0151. The fraction of sp³-hybridized carbons (Fsp3) is 0.508. The molecule has 10 aliphatic heterocycles. The van der Waals surface area contributed by atoms with E-state index in [-0.39, 0.29) is 98.3 Å². The Morgan fingerprint density at radius 2 is 1.04 bits per heavy atom. The molecule has 9 fully saturated rings. The lowest BCUT2D eigenvalue weighted by Crippen LogP contribution is -2.35. The number of rotatable bonds is 6. The van der Waals surface area contributed by atoms with Crippen LogP contribution in [0, 0.1) is 0 Å². The number of fused-ring (bicyclic) bond motifs is 15. The van der Waals surface area contributed by atoms with Crippen molar-refractivity contribution in [1.82, 2.24) is 108 Å². The third-order valence-corrected chi connectivity index (χ3v) is 33.2. The van der Waals surface area contributed by atoms with E-state index in [0.29, 0.717) is 17.0 Å². The van der Waals surface area contributed by atoms with Crippen LogP contribution < -0.4 is 45.3 Å². The highest BCUT2D eigenvalue weighted by Gasteiger charge is 2.59. The lowest BCUT2D eigenvalue weighted by Gasteiger charge is -2.27. The molecule has 134 heavy (non-hydrogen) atoms. The summed E-state index contributed by atoms with van der Waals surface area (Å²) in [6.07, 6.45) is -19.1. The highest BCUT2D eigenvalue weighted by atomic mass is 32.7. The van der Waals surface area contributed by atoms with Crippen LogP contribution in [0.15, 0.2) is 69.1 Å². The maximum Gasteiger partial charge on any atom is 0.472 e. The molecule has 6 unspecified atom stereocenters. The Hall–Kier alpha value is -7.74. The van der Waals surface area contributed by atoms with E-state index in [1.54, 1.807) is 6.07 Å². The summed E-state index contributed by atoms with van der Waals surface area (Å²) in [6.45, 7) is -20.9. The number of nitrogen functional groups attached to an aromatic ring is 5. The number of nitrogens with zero attached hydrogens (tertiary/aromatic N) is 20. The average molecular weight is 2110 g/mol. The number of alkyl halides is 3. The lowest BCUT2D eigenvalue weighted by atomic mass is 10.1. The molecule has 21 heterocycles. The zero-order valence-corrected chi connectivity index (χ0v) is 77.1. The average Bonchev–Trinajstić information content (AvgIpc) is 1.62. The molecule has 6 bridgehead atoms. The number of pyridine rings is 1. The molecular weight excluding hydrogens is 2040 g/mol. The number of aliphatic hydroxyl groups excluding tert-OH is 2. The zero-order valence-electron chi connectivity index (χ0n) is 66.8. The van der Waals surface area contributed by atoms with Gasteiger partial charge < -0.3 is 95.9 Å². The number of aliphatic hydroxyl groups is 2. The van der Waals surface area contributed by atoms with Gasteiger partial charge in [-0.25, -0.2) is 66.0 Å². The Balaban J connectivity index is 0.000000129. The number of thiol groups is 1. The first-order valence-corrected chi connectivity index (χ1v) is 54.2. The number of hydrogen-bond donors (Lipinski definition) is 16. The number of carbonyl (C=O) groups is 1. The Morgan fingerprint density at radius 3 is 1.72 bits per heavy atom. The number of thioether (sulfide) groups is 2. The first-order chi connectivity index (χ1) is 63.5. The van der Waals surface area contributed by atoms with E-state index in [0.717, 1.165) is 34.5 Å². The van der Waals surface area contributed by atoms with Crippen molar-refractivity contribution in [2.45, 2.75) is 151 Å². The number of hydrogen-bond acceptors (Lipinski definition) is 49. The number of aromatic nitrogens is 22. The second-order valence-corrected chi connectivity index (χ2v) is 47.2. The predicted octanol–water partition coefficient (Wildman–Crippen LogP) is 0.260. The minimum atomic E-state index is -5.07. The van der Waals surface area contributed by atoms with Crippen molar-refractivity contribution in [2.24, 2.45) is 4.99 Å². The van der Waals surface area contributed by atoms with E-state index >= 15 is 13.2 Å². The lowest BCUT2D eigenvalue weighted by molar-refractivity contribution is -0.0630. The molecule has 720 valence electrons. The molecule has 29 atom stereocenters. The van der Waals surface area contributed by atoms with Crippen LogP contribution in [-0.4, -0.2) is 297 Å². The summed E-state index contributed by atoms with van der Waals surface area (Å²) in [5.74, 6) is -1.01. The smallest absolute Gasteiger partial charge is 0.397 e. The number of aromatic amines is 3. The second kappa shape index (κ2) is 36.5. The van der Waals surface area contributed by atoms with Crippen molar-refractivity contribution < 1.29 is 140 Å². The van der Waals surface area contributed by atoms with Gasteiger partial charge in [0.15, 0.2) is 93.1 Å². The van der Waals surface area contributed by atoms with Gasteiger partial charge in [0.25, 0.3) is 16.7 Å². The van der Waals surface area contributed by atoms with Crippen LogP contribution in [0.25, 0.3) is 50.3 Å². The normalized spacial score (nSPS) is 37.7. The van der Waals surface area contributed by atoms with Gasteiger partial charge in [-0.2, -0.15) is 24.7 Å². The first-order valence-electron chi connectivity index (χ1n) is 38.9. The third-order valence-electron chi connectivity index (χ3n) is 21.8. The van der Waals surface area contributed by atoms with Gasteiger partial charge in [-0.15, -0.1) is 33.7 Å². The molecule has 0 aliphatic carbocycles. The van der Waals surface area contributed by atoms with Crippen LogP contribution in [0.4, 0.5) is 48.2 Å². The van der Waals surface area contributed by atoms with Crippen molar-refractivity contribution in [2.75, 3.05) is 68.3 Å². The minimum Gasteiger partial charge on any atom is -0.397 e. The molecule has 9 saturated heterocycles. The number of ether oxygens (including phenoxy) is 4. The maximum absolute atomic E-state index is 16.0. The number of halogens is 3. The van der Waals surface area contributed by atoms with Gasteiger partial charge in [-0.3, -0.25) is 88.5 Å². The number of carbonyl (C=O) groups excluding carboxylic acids is 1. The van der Waals surface area contributed by atoms with Crippen LogP contribution in [-0.2, 0) is 122 Å². The number of phosphoric ester groups is 2. The fourth-order valence-corrected chi connectivity index (χ4v) is 26.8. The molecule has 73 heteroatoms. The Labute approximate surface area is 770 Å². The van der Waals surface area contributed by atoms with Crippen molar-refractivity contribution >= 4 is 211 Å². The van der Waals surface area contributed by atoms with Crippen molar-refractivity contribution in [3.8, 4) is 0 Å². The molecule has 0 amide bonds. The van der Waals surface area contributed by atoms with Crippen LogP contribution in [0.3, 0.4) is 0 Å². The van der Waals surface area contributed by atoms with E-state index in [1.165, 1.54) is 66.4 Å². The number of phosphoric acid groups is 2. The van der Waals surface area contributed by atoms with Crippen LogP contribution in [0.1, 0.15) is 64.6 Å².